The highest BCUT2D eigenvalue weighted by Crippen LogP contribution is 2.37. The summed E-state index contributed by atoms with van der Waals surface area (Å²) in [5, 5.41) is 16.9. The van der Waals surface area contributed by atoms with E-state index in [1.54, 1.807) is 27.3 Å². The third-order valence-electron chi connectivity index (χ3n) is 11.7. The quantitative estimate of drug-likeness (QED) is 0.300. The molecule has 2 saturated heterocycles. The molecule has 3 heterocycles. The highest BCUT2D eigenvalue weighted by atomic mass is 32.1. The predicted octanol–water partition coefficient (Wildman–Crippen LogP) is 4.03. The second-order valence-electron chi connectivity index (χ2n) is 15.7. The number of aromatic nitrogens is 1. The molecule has 11 nitrogen and oxygen atoms in total. The summed E-state index contributed by atoms with van der Waals surface area (Å²) in [5.41, 5.74) is 2.07. The minimum atomic E-state index is -1.04. The second-order valence-corrected chi connectivity index (χ2v) is 16.4. The van der Waals surface area contributed by atoms with Crippen LogP contribution < -0.4 is 5.32 Å². The maximum absolute atomic E-state index is 14.3. The second kappa shape index (κ2) is 17.6. The summed E-state index contributed by atoms with van der Waals surface area (Å²) in [4.78, 5) is 64.9. The minimum absolute atomic E-state index is 0.00348. The number of aliphatic hydroxyl groups excluding tert-OH is 1. The fourth-order valence-electron chi connectivity index (χ4n) is 8.42. The van der Waals surface area contributed by atoms with Crippen LogP contribution >= 0.6 is 11.3 Å². The van der Waals surface area contributed by atoms with Crippen LogP contribution in [0.15, 0.2) is 10.9 Å². The molecule has 0 radical (unpaired) electrons. The van der Waals surface area contributed by atoms with Gasteiger partial charge in [0.1, 0.15) is 0 Å². The summed E-state index contributed by atoms with van der Waals surface area (Å²) in [6.45, 7) is 6.53. The van der Waals surface area contributed by atoms with Crippen LogP contribution in [0.1, 0.15) is 103 Å². The lowest BCUT2D eigenvalue weighted by molar-refractivity contribution is -0.145. The zero-order valence-electron chi connectivity index (χ0n) is 29.9. The molecule has 2 aliphatic carbocycles. The fourth-order valence-corrected chi connectivity index (χ4v) is 8.99. The molecule has 0 bridgehead atoms. The van der Waals surface area contributed by atoms with Crippen molar-refractivity contribution in [3.05, 3.63) is 16.6 Å². The standard InChI is InChI=1S/C37H59N5O6S/c1-37(2)21-30(36(47)40(37)3)34(45)31(18-26-10-6-4-7-11-26)39-35(46)28(19-29-24-49-25-38-29)20-32(43)42(22-27-12-8-5-9-13-27)23-33(44)41-14-16-48-17-15-41/h24-28,30-31,34,45H,4-23H2,1-3H3,(H,39,46)/t28-,30+,31+,34+/m1/s1. The van der Waals surface area contributed by atoms with Crippen LogP contribution in [0.4, 0.5) is 0 Å². The van der Waals surface area contributed by atoms with E-state index in [9.17, 15) is 24.3 Å². The molecule has 0 aromatic carbocycles. The van der Waals surface area contributed by atoms with Gasteiger partial charge in [0.25, 0.3) is 0 Å². The molecule has 2 saturated carbocycles. The van der Waals surface area contributed by atoms with Crippen molar-refractivity contribution in [1.82, 2.24) is 25.0 Å². The summed E-state index contributed by atoms with van der Waals surface area (Å²) in [6.07, 6.45) is 11.3. The Labute approximate surface area is 296 Å². The van der Waals surface area contributed by atoms with Crippen molar-refractivity contribution in [2.75, 3.05) is 46.4 Å². The molecular formula is C37H59N5O6S. The number of likely N-dealkylation sites (tertiary alicyclic amines) is 1. The number of nitrogens with zero attached hydrogens (tertiary/aromatic N) is 4. The Balaban J connectivity index is 1.34. The van der Waals surface area contributed by atoms with E-state index in [1.807, 2.05) is 19.2 Å². The van der Waals surface area contributed by atoms with Gasteiger partial charge in [0.05, 0.1) is 54.9 Å². The average Bonchev–Trinajstić information content (AvgIpc) is 3.70. The molecule has 12 heteroatoms. The summed E-state index contributed by atoms with van der Waals surface area (Å²) in [6, 6.07) is -0.610. The number of rotatable bonds is 14. The number of hydrogen-bond acceptors (Lipinski definition) is 8. The Morgan fingerprint density at radius 1 is 1.06 bits per heavy atom. The van der Waals surface area contributed by atoms with Crippen molar-refractivity contribution in [3.63, 3.8) is 0 Å². The smallest absolute Gasteiger partial charge is 0.242 e. The summed E-state index contributed by atoms with van der Waals surface area (Å²) >= 11 is 1.44. The number of nitrogens with one attached hydrogen (secondary N) is 1. The lowest BCUT2D eigenvalue weighted by Crippen LogP contribution is -2.52. The van der Waals surface area contributed by atoms with Crippen LogP contribution in [0.25, 0.3) is 0 Å². The first-order chi connectivity index (χ1) is 23.5. The van der Waals surface area contributed by atoms with Gasteiger partial charge in [0.15, 0.2) is 0 Å². The highest BCUT2D eigenvalue weighted by Gasteiger charge is 2.48. The van der Waals surface area contributed by atoms with Crippen molar-refractivity contribution < 1.29 is 29.0 Å². The van der Waals surface area contributed by atoms with Crippen molar-refractivity contribution in [1.29, 1.82) is 0 Å². The van der Waals surface area contributed by atoms with E-state index in [1.165, 1.54) is 24.2 Å². The van der Waals surface area contributed by atoms with E-state index < -0.39 is 24.0 Å². The van der Waals surface area contributed by atoms with E-state index in [-0.39, 0.29) is 48.6 Å². The van der Waals surface area contributed by atoms with Gasteiger partial charge in [-0.1, -0.05) is 51.4 Å². The van der Waals surface area contributed by atoms with Gasteiger partial charge >= 0.3 is 0 Å². The molecular weight excluding hydrogens is 643 g/mol. The molecule has 2 aliphatic heterocycles. The monoisotopic (exact) mass is 701 g/mol. The van der Waals surface area contributed by atoms with Gasteiger partial charge in [-0.05, 0) is 51.4 Å². The van der Waals surface area contributed by atoms with Crippen LogP contribution in [0.2, 0.25) is 0 Å². The molecule has 5 rings (SSSR count). The maximum Gasteiger partial charge on any atom is 0.242 e. The molecule has 4 fully saturated rings. The van der Waals surface area contributed by atoms with Gasteiger partial charge in [0, 0.05) is 50.4 Å². The van der Waals surface area contributed by atoms with E-state index in [4.69, 9.17) is 4.74 Å². The summed E-state index contributed by atoms with van der Waals surface area (Å²) < 4.78 is 5.44. The fraction of sp³-hybridized carbons (Fsp3) is 0.811. The third-order valence-corrected chi connectivity index (χ3v) is 12.4. The van der Waals surface area contributed by atoms with Gasteiger partial charge in [-0.2, -0.15) is 0 Å². The predicted molar refractivity (Wildman–Crippen MR) is 189 cm³/mol. The average molecular weight is 702 g/mol. The molecule has 4 aliphatic rings. The molecule has 0 spiro atoms. The lowest BCUT2D eigenvalue weighted by Gasteiger charge is -2.34. The van der Waals surface area contributed by atoms with Crippen LogP contribution in [0.3, 0.4) is 0 Å². The van der Waals surface area contributed by atoms with E-state index in [0.29, 0.717) is 57.5 Å². The van der Waals surface area contributed by atoms with Crippen molar-refractivity contribution in [3.8, 4) is 0 Å². The SMILES string of the molecule is CN1C(=O)[C@H]([C@H](O)[C@H](CC2CCCCC2)NC(=O)[C@@H](CC(=O)N(CC(=O)N2CCOCC2)CC2CCCCC2)Cc2cscn2)CC1(C)C. The summed E-state index contributed by atoms with van der Waals surface area (Å²) in [5.74, 6) is -1.35. The Kier molecular flexibility index (Phi) is 13.5. The van der Waals surface area contributed by atoms with E-state index in [0.717, 1.165) is 57.1 Å². The largest absolute Gasteiger partial charge is 0.390 e. The minimum Gasteiger partial charge on any atom is -0.390 e. The molecule has 4 atom stereocenters. The lowest BCUT2D eigenvalue weighted by atomic mass is 9.80. The molecule has 4 amide bonds. The number of aliphatic hydroxyl groups is 1. The highest BCUT2D eigenvalue weighted by molar-refractivity contribution is 7.07. The molecule has 0 unspecified atom stereocenters. The number of morpholine rings is 1. The van der Waals surface area contributed by atoms with E-state index in [2.05, 4.69) is 10.3 Å². The van der Waals surface area contributed by atoms with Crippen LogP contribution in [-0.4, -0.2) is 113 Å². The number of carbonyl (C=O) groups is 4. The Hall–Kier alpha value is -2.57. The number of hydrogen-bond donors (Lipinski definition) is 2. The van der Waals surface area contributed by atoms with Gasteiger partial charge in [-0.15, -0.1) is 11.3 Å². The number of ether oxygens (including phenoxy) is 1. The number of amides is 4. The molecule has 1 aromatic heterocycles. The number of carbonyl (C=O) groups excluding carboxylic acids is 4. The zero-order valence-corrected chi connectivity index (χ0v) is 30.8. The van der Waals surface area contributed by atoms with Gasteiger partial charge in [-0.3, -0.25) is 19.2 Å². The first-order valence-electron chi connectivity index (χ1n) is 18.8. The zero-order chi connectivity index (χ0) is 35.0. The maximum atomic E-state index is 14.3. The Morgan fingerprint density at radius 2 is 1.71 bits per heavy atom. The Bertz CT molecular complexity index is 1240. The first-order valence-corrected chi connectivity index (χ1v) is 19.7. The normalized spacial score (nSPS) is 24.0. The van der Waals surface area contributed by atoms with Crippen molar-refractivity contribution in [2.24, 2.45) is 23.7 Å². The van der Waals surface area contributed by atoms with Crippen LogP contribution in [0, 0.1) is 23.7 Å². The van der Waals surface area contributed by atoms with Crippen molar-refractivity contribution in [2.45, 2.75) is 121 Å². The topological polar surface area (TPSA) is 132 Å². The summed E-state index contributed by atoms with van der Waals surface area (Å²) in [7, 11) is 1.78. The van der Waals surface area contributed by atoms with Crippen LogP contribution in [0.5, 0.6) is 0 Å². The molecule has 1 aromatic rings. The van der Waals surface area contributed by atoms with Crippen molar-refractivity contribution >= 4 is 35.0 Å². The Morgan fingerprint density at radius 3 is 2.31 bits per heavy atom. The third kappa shape index (κ3) is 10.3. The van der Waals surface area contributed by atoms with Gasteiger partial charge < -0.3 is 29.9 Å². The van der Waals surface area contributed by atoms with Crippen LogP contribution in [-0.2, 0) is 30.3 Å². The molecule has 2 N–H and O–H groups in total. The first kappa shape index (κ1) is 37.7. The van der Waals surface area contributed by atoms with E-state index >= 15 is 0 Å². The van der Waals surface area contributed by atoms with Gasteiger partial charge in [0.2, 0.25) is 23.6 Å². The molecule has 49 heavy (non-hydrogen) atoms. The van der Waals surface area contributed by atoms with Gasteiger partial charge in [-0.25, -0.2) is 4.98 Å². The molecule has 274 valence electrons. The number of thiazole rings is 1.